The largest absolute Gasteiger partial charge is 0.318 e. The van der Waals surface area contributed by atoms with Crippen LogP contribution < -0.4 is 0 Å². The maximum atomic E-state index is 12.9. The van der Waals surface area contributed by atoms with Gasteiger partial charge in [-0.3, -0.25) is 10.2 Å². The second-order valence-corrected chi connectivity index (χ2v) is 9.65. The number of carbonyl (C=O) groups is 1. The molecule has 0 saturated carbocycles. The van der Waals surface area contributed by atoms with Gasteiger partial charge in [-0.1, -0.05) is 36.4 Å². The molecule has 170 valence electrons. The number of carbonyl (C=O) groups excluding carboxylic acids is 1. The predicted octanol–water partition coefficient (Wildman–Crippen LogP) is 5.57. The fraction of sp³-hybridized carbons (Fsp3) is 0.185. The first-order valence-electron chi connectivity index (χ1n) is 11.1. The second-order valence-electron chi connectivity index (χ2n) is 8.61. The Morgan fingerprint density at radius 3 is 2.50 bits per heavy atom. The number of hydrazone groups is 1. The van der Waals surface area contributed by atoms with Crippen molar-refractivity contribution >= 4 is 39.8 Å². The van der Waals surface area contributed by atoms with Crippen molar-refractivity contribution in [2.75, 3.05) is 0 Å². The van der Waals surface area contributed by atoms with Crippen molar-refractivity contribution < 1.29 is 4.79 Å². The zero-order chi connectivity index (χ0) is 24.0. The van der Waals surface area contributed by atoms with Crippen molar-refractivity contribution in [2.24, 2.45) is 10.1 Å². The van der Waals surface area contributed by atoms with Crippen LogP contribution in [0.4, 0.5) is 0 Å². The van der Waals surface area contributed by atoms with Crippen molar-refractivity contribution in [1.29, 1.82) is 5.41 Å². The van der Waals surface area contributed by atoms with Crippen LogP contribution in [0.25, 0.3) is 11.8 Å². The summed E-state index contributed by atoms with van der Waals surface area (Å²) in [7, 11) is 0. The van der Waals surface area contributed by atoms with E-state index in [1.807, 2.05) is 50.2 Å². The number of nitrogens with zero attached hydrogens (tertiary/aromatic N) is 4. The van der Waals surface area contributed by atoms with E-state index >= 15 is 0 Å². The summed E-state index contributed by atoms with van der Waals surface area (Å²) in [5.74, 6) is -0.350. The summed E-state index contributed by atoms with van der Waals surface area (Å²) >= 11 is 1.35. The number of aliphatic imine (C=N–C) groups is 1. The van der Waals surface area contributed by atoms with Crippen LogP contribution in [0, 0.1) is 33.1 Å². The molecule has 2 aliphatic rings. The highest BCUT2D eigenvalue weighted by Gasteiger charge is 2.35. The molecule has 6 nitrogen and oxygen atoms in total. The van der Waals surface area contributed by atoms with Crippen LogP contribution in [0.2, 0.25) is 0 Å². The number of aromatic nitrogens is 1. The van der Waals surface area contributed by atoms with Gasteiger partial charge in [0.1, 0.15) is 5.04 Å². The van der Waals surface area contributed by atoms with Crippen molar-refractivity contribution in [1.82, 2.24) is 9.58 Å². The van der Waals surface area contributed by atoms with E-state index in [2.05, 4.69) is 46.7 Å². The second kappa shape index (κ2) is 8.57. The molecular formula is C27H25N5OS. The molecule has 5 rings (SSSR count). The Hall–Kier alpha value is -3.71. The first kappa shape index (κ1) is 22.1. The SMILES string of the molecule is Cc1ccc(-n2c(C)cc(/C=C3/C(=N)N4N=C(Cc5ccccc5)SC4=NC3=O)c2C)cc1C. The van der Waals surface area contributed by atoms with E-state index in [4.69, 9.17) is 5.41 Å². The fourth-order valence-corrected chi connectivity index (χ4v) is 5.14. The number of fused-ring (bicyclic) bond motifs is 1. The van der Waals surface area contributed by atoms with Gasteiger partial charge in [-0.15, -0.1) is 0 Å². The van der Waals surface area contributed by atoms with Crippen LogP contribution in [-0.2, 0) is 11.2 Å². The molecule has 1 aromatic heterocycles. The van der Waals surface area contributed by atoms with Crippen LogP contribution in [-0.4, -0.2) is 31.5 Å². The van der Waals surface area contributed by atoms with E-state index in [1.165, 1.54) is 27.9 Å². The molecule has 0 saturated heterocycles. The summed E-state index contributed by atoms with van der Waals surface area (Å²) < 4.78 is 2.17. The average molecular weight is 468 g/mol. The Morgan fingerprint density at radius 2 is 1.76 bits per heavy atom. The maximum Gasteiger partial charge on any atom is 0.283 e. The minimum Gasteiger partial charge on any atom is -0.318 e. The highest BCUT2D eigenvalue weighted by Crippen LogP contribution is 2.31. The molecule has 3 aromatic rings. The topological polar surface area (TPSA) is 73.8 Å². The number of hydrogen-bond acceptors (Lipinski definition) is 4. The zero-order valence-corrected chi connectivity index (χ0v) is 20.4. The van der Waals surface area contributed by atoms with E-state index in [9.17, 15) is 4.79 Å². The molecule has 2 aromatic carbocycles. The van der Waals surface area contributed by atoms with E-state index in [1.54, 1.807) is 6.08 Å². The Labute approximate surface area is 203 Å². The summed E-state index contributed by atoms with van der Waals surface area (Å²) in [6, 6.07) is 18.5. The van der Waals surface area contributed by atoms with Gasteiger partial charge in [-0.2, -0.15) is 15.1 Å². The molecule has 34 heavy (non-hydrogen) atoms. The van der Waals surface area contributed by atoms with Crippen LogP contribution in [0.1, 0.15) is 33.6 Å². The van der Waals surface area contributed by atoms with Crippen molar-refractivity contribution in [3.63, 3.8) is 0 Å². The molecule has 2 aliphatic heterocycles. The van der Waals surface area contributed by atoms with Crippen molar-refractivity contribution in [3.8, 4) is 5.69 Å². The Balaban J connectivity index is 1.47. The van der Waals surface area contributed by atoms with E-state index in [0.717, 1.165) is 33.2 Å². The molecule has 0 unspecified atom stereocenters. The van der Waals surface area contributed by atoms with Gasteiger partial charge in [-0.05, 0) is 86.0 Å². The highest BCUT2D eigenvalue weighted by atomic mass is 32.2. The standard InChI is InChI=1S/C27H25N5OS/c1-16-10-11-22(12-17(16)2)31-18(3)13-21(19(31)4)15-23-25(28)32-27(29-26(23)33)34-24(30-32)14-20-8-6-5-7-9-20/h5-13,15,28H,14H2,1-4H3/b23-15-,28-25?. The molecule has 7 heteroatoms. The molecule has 0 spiro atoms. The molecule has 0 bridgehead atoms. The smallest absolute Gasteiger partial charge is 0.283 e. The van der Waals surface area contributed by atoms with Crippen LogP contribution in [0.5, 0.6) is 0 Å². The van der Waals surface area contributed by atoms with Crippen LogP contribution >= 0.6 is 11.8 Å². The van der Waals surface area contributed by atoms with Gasteiger partial charge in [0, 0.05) is 23.5 Å². The molecule has 1 amide bonds. The lowest BCUT2D eigenvalue weighted by Crippen LogP contribution is -2.35. The number of amidine groups is 2. The molecular weight excluding hydrogens is 442 g/mol. The van der Waals surface area contributed by atoms with E-state index in [-0.39, 0.29) is 11.4 Å². The third-order valence-corrected chi connectivity index (χ3v) is 7.12. The quantitative estimate of drug-likeness (QED) is 0.510. The summed E-state index contributed by atoms with van der Waals surface area (Å²) in [5.41, 5.74) is 7.89. The monoisotopic (exact) mass is 467 g/mol. The summed E-state index contributed by atoms with van der Waals surface area (Å²) in [6.07, 6.45) is 2.40. The number of amides is 1. The Morgan fingerprint density at radius 1 is 1.00 bits per heavy atom. The Kier molecular flexibility index (Phi) is 5.57. The third kappa shape index (κ3) is 3.92. The van der Waals surface area contributed by atoms with Gasteiger partial charge >= 0.3 is 0 Å². The first-order valence-corrected chi connectivity index (χ1v) is 11.9. The number of benzene rings is 2. The number of nitrogens with one attached hydrogen (secondary N) is 1. The van der Waals surface area contributed by atoms with Gasteiger partial charge < -0.3 is 4.57 Å². The van der Waals surface area contributed by atoms with E-state index in [0.29, 0.717) is 11.6 Å². The minimum atomic E-state index is -0.407. The molecule has 1 N–H and O–H groups in total. The maximum absolute atomic E-state index is 12.9. The lowest BCUT2D eigenvalue weighted by molar-refractivity contribution is -0.114. The number of aryl methyl sites for hydroxylation is 3. The predicted molar refractivity (Wildman–Crippen MR) is 140 cm³/mol. The third-order valence-electron chi connectivity index (χ3n) is 6.21. The molecule has 0 fully saturated rings. The average Bonchev–Trinajstić information content (AvgIpc) is 3.33. The Bertz CT molecular complexity index is 1430. The lowest BCUT2D eigenvalue weighted by Gasteiger charge is -2.20. The van der Waals surface area contributed by atoms with E-state index < -0.39 is 5.91 Å². The normalized spacial score (nSPS) is 16.7. The number of hydrogen-bond donors (Lipinski definition) is 1. The number of thioether (sulfide) groups is 1. The molecule has 0 aliphatic carbocycles. The van der Waals surface area contributed by atoms with Gasteiger partial charge in [0.25, 0.3) is 5.91 Å². The molecule has 3 heterocycles. The van der Waals surface area contributed by atoms with Gasteiger partial charge in [0.05, 0.1) is 5.57 Å². The van der Waals surface area contributed by atoms with Gasteiger partial charge in [-0.25, -0.2) is 0 Å². The van der Waals surface area contributed by atoms with Crippen LogP contribution in [0.3, 0.4) is 0 Å². The summed E-state index contributed by atoms with van der Waals surface area (Å²) in [6.45, 7) is 8.28. The zero-order valence-electron chi connectivity index (χ0n) is 19.6. The first-order chi connectivity index (χ1) is 16.3. The highest BCUT2D eigenvalue weighted by molar-refractivity contribution is 8.26. The summed E-state index contributed by atoms with van der Waals surface area (Å²) in [4.78, 5) is 17.1. The van der Waals surface area contributed by atoms with Gasteiger partial charge in [0.2, 0.25) is 5.17 Å². The van der Waals surface area contributed by atoms with Crippen LogP contribution in [0.15, 0.2) is 70.3 Å². The molecule has 0 radical (unpaired) electrons. The van der Waals surface area contributed by atoms with Gasteiger partial charge in [0.15, 0.2) is 5.84 Å². The summed E-state index contributed by atoms with van der Waals surface area (Å²) in [5, 5.41) is 16.0. The van der Waals surface area contributed by atoms with Crippen molar-refractivity contribution in [2.45, 2.75) is 34.1 Å². The minimum absolute atomic E-state index is 0.0570. The number of rotatable bonds is 4. The fourth-order valence-electron chi connectivity index (χ4n) is 4.22. The van der Waals surface area contributed by atoms with Crippen molar-refractivity contribution in [3.05, 3.63) is 93.8 Å². The molecule has 0 atom stereocenters. The lowest BCUT2D eigenvalue weighted by atomic mass is 10.1.